The number of nitrogens with one attached hydrogen (secondary N) is 1. The largest absolute Gasteiger partial charge is 0.477 e. The van der Waals surface area contributed by atoms with Crippen molar-refractivity contribution in [3.05, 3.63) is 58.0 Å². The minimum atomic E-state index is -0.505. The molecule has 0 radical (unpaired) electrons. The molecule has 0 fully saturated rings. The molecule has 4 aromatic rings. The number of aromatic nitrogens is 4. The number of ether oxygens (including phenoxy) is 1. The topological polar surface area (TPSA) is 107 Å². The van der Waals surface area contributed by atoms with E-state index >= 15 is 0 Å². The molecule has 9 heteroatoms. The Balaban J connectivity index is 1.60. The number of pyridine rings is 1. The maximum Gasteiger partial charge on any atom is 0.250 e. The summed E-state index contributed by atoms with van der Waals surface area (Å²) in [5.41, 5.74) is 7.49. The Morgan fingerprint density at radius 2 is 2.24 bits per heavy atom. The van der Waals surface area contributed by atoms with Gasteiger partial charge in [-0.25, -0.2) is 9.97 Å². The molecule has 0 bridgehead atoms. The van der Waals surface area contributed by atoms with E-state index in [4.69, 9.17) is 15.5 Å². The highest BCUT2D eigenvalue weighted by atomic mass is 32.1. The molecule has 0 aliphatic carbocycles. The number of rotatable bonds is 5. The number of fused-ring (bicyclic) bond motifs is 2. The molecular weight excluding hydrogens is 388 g/mol. The molecule has 5 rings (SSSR count). The van der Waals surface area contributed by atoms with Crippen molar-refractivity contribution in [2.75, 3.05) is 11.9 Å². The van der Waals surface area contributed by atoms with E-state index in [1.807, 2.05) is 17.6 Å². The number of hydrogen-bond acceptors (Lipinski definition) is 7. The Bertz CT molecular complexity index is 1200. The van der Waals surface area contributed by atoms with Gasteiger partial charge in [0.25, 0.3) is 5.91 Å². The van der Waals surface area contributed by atoms with Crippen molar-refractivity contribution in [1.29, 1.82) is 0 Å². The van der Waals surface area contributed by atoms with Crippen molar-refractivity contribution in [2.45, 2.75) is 19.4 Å². The first-order valence-corrected chi connectivity index (χ1v) is 10.1. The van der Waals surface area contributed by atoms with Crippen LogP contribution in [0.15, 0.2) is 42.0 Å². The highest BCUT2D eigenvalue weighted by Crippen LogP contribution is 2.32. The van der Waals surface area contributed by atoms with Gasteiger partial charge in [-0.3, -0.25) is 9.20 Å². The van der Waals surface area contributed by atoms with Gasteiger partial charge in [0.15, 0.2) is 5.82 Å². The van der Waals surface area contributed by atoms with Gasteiger partial charge in [0.1, 0.15) is 5.82 Å². The fourth-order valence-corrected chi connectivity index (χ4v) is 4.10. The van der Waals surface area contributed by atoms with Crippen LogP contribution in [0, 0.1) is 0 Å². The number of imidazole rings is 1. The van der Waals surface area contributed by atoms with Crippen LogP contribution in [0.3, 0.4) is 0 Å². The molecule has 0 spiro atoms. The Morgan fingerprint density at radius 3 is 3.07 bits per heavy atom. The zero-order valence-electron chi connectivity index (χ0n) is 15.5. The molecule has 0 atom stereocenters. The lowest BCUT2D eigenvalue weighted by Gasteiger charge is -2.20. The van der Waals surface area contributed by atoms with Crippen molar-refractivity contribution >= 4 is 28.6 Å². The van der Waals surface area contributed by atoms with E-state index in [0.29, 0.717) is 41.8 Å². The third-order valence-corrected chi connectivity index (χ3v) is 5.70. The van der Waals surface area contributed by atoms with E-state index in [1.165, 1.54) is 4.88 Å². The predicted octanol–water partition coefficient (Wildman–Crippen LogP) is 2.89. The first-order valence-electron chi connectivity index (χ1n) is 9.27. The highest BCUT2D eigenvalue weighted by molar-refractivity contribution is 7.09. The van der Waals surface area contributed by atoms with Gasteiger partial charge in [-0.1, -0.05) is 6.07 Å². The van der Waals surface area contributed by atoms with E-state index in [1.54, 1.807) is 34.1 Å². The van der Waals surface area contributed by atoms with Crippen molar-refractivity contribution in [3.63, 3.8) is 0 Å². The number of carbonyl (C=O) groups is 1. The maximum atomic E-state index is 11.7. The van der Waals surface area contributed by atoms with Crippen molar-refractivity contribution in [3.8, 4) is 17.5 Å². The normalized spacial score (nSPS) is 13.1. The van der Waals surface area contributed by atoms with Crippen LogP contribution < -0.4 is 15.8 Å². The molecule has 0 saturated heterocycles. The van der Waals surface area contributed by atoms with Crippen LogP contribution in [-0.4, -0.2) is 31.9 Å². The van der Waals surface area contributed by atoms with E-state index in [0.717, 1.165) is 24.2 Å². The van der Waals surface area contributed by atoms with E-state index < -0.39 is 5.91 Å². The van der Waals surface area contributed by atoms with Gasteiger partial charge in [-0.2, -0.15) is 4.98 Å². The fourth-order valence-electron chi connectivity index (χ4n) is 3.45. The first-order chi connectivity index (χ1) is 14.2. The van der Waals surface area contributed by atoms with Gasteiger partial charge in [0, 0.05) is 11.1 Å². The SMILES string of the molecule is NC(=O)c1cccn2c(-c3nc(NCc4cccs4)c4c(n3)OCCC4)ncc12. The summed E-state index contributed by atoms with van der Waals surface area (Å²) in [6, 6.07) is 7.53. The molecule has 0 unspecified atom stereocenters. The van der Waals surface area contributed by atoms with Crippen LogP contribution in [0.1, 0.15) is 27.2 Å². The van der Waals surface area contributed by atoms with Gasteiger partial charge in [-0.05, 0) is 36.4 Å². The molecule has 8 nitrogen and oxygen atoms in total. The van der Waals surface area contributed by atoms with Gasteiger partial charge in [-0.15, -0.1) is 11.3 Å². The van der Waals surface area contributed by atoms with Crippen molar-refractivity contribution < 1.29 is 9.53 Å². The maximum absolute atomic E-state index is 11.7. The fraction of sp³-hybridized carbons (Fsp3) is 0.200. The van der Waals surface area contributed by atoms with Crippen LogP contribution in [0.25, 0.3) is 17.2 Å². The smallest absolute Gasteiger partial charge is 0.250 e. The van der Waals surface area contributed by atoms with Gasteiger partial charge in [0.2, 0.25) is 11.7 Å². The summed E-state index contributed by atoms with van der Waals surface area (Å²) < 4.78 is 7.59. The average molecular weight is 406 g/mol. The number of hydrogen-bond donors (Lipinski definition) is 2. The summed E-state index contributed by atoms with van der Waals surface area (Å²) in [4.78, 5) is 26.8. The van der Waals surface area contributed by atoms with Crippen LogP contribution in [0.4, 0.5) is 5.82 Å². The molecule has 29 heavy (non-hydrogen) atoms. The second kappa shape index (κ2) is 7.17. The Kier molecular flexibility index (Phi) is 4.36. The van der Waals surface area contributed by atoms with Gasteiger partial charge in [0.05, 0.1) is 36.0 Å². The van der Waals surface area contributed by atoms with Crippen molar-refractivity contribution in [1.82, 2.24) is 19.4 Å². The van der Waals surface area contributed by atoms with Gasteiger partial charge < -0.3 is 15.8 Å². The quantitative estimate of drug-likeness (QED) is 0.528. The van der Waals surface area contributed by atoms with E-state index in [-0.39, 0.29) is 0 Å². The zero-order chi connectivity index (χ0) is 19.8. The molecule has 0 saturated carbocycles. The monoisotopic (exact) mass is 406 g/mol. The average Bonchev–Trinajstić information content (AvgIpc) is 3.41. The second-order valence-electron chi connectivity index (χ2n) is 6.69. The molecule has 0 aromatic carbocycles. The first kappa shape index (κ1) is 17.6. The third-order valence-electron chi connectivity index (χ3n) is 4.83. The molecule has 4 aromatic heterocycles. The van der Waals surface area contributed by atoms with Crippen LogP contribution in [-0.2, 0) is 13.0 Å². The van der Waals surface area contributed by atoms with E-state index in [2.05, 4.69) is 21.4 Å². The lowest BCUT2D eigenvalue weighted by Crippen LogP contribution is -2.15. The lowest BCUT2D eigenvalue weighted by atomic mass is 10.1. The second-order valence-corrected chi connectivity index (χ2v) is 7.72. The highest BCUT2D eigenvalue weighted by Gasteiger charge is 2.22. The van der Waals surface area contributed by atoms with Crippen LogP contribution >= 0.6 is 11.3 Å². The molecular formula is C20H18N6O2S. The summed E-state index contributed by atoms with van der Waals surface area (Å²) in [6.07, 6.45) is 5.21. The third kappa shape index (κ3) is 3.19. The van der Waals surface area contributed by atoms with Gasteiger partial charge >= 0.3 is 0 Å². The number of anilines is 1. The van der Waals surface area contributed by atoms with E-state index in [9.17, 15) is 4.79 Å². The number of primary amides is 1. The number of carbonyl (C=O) groups excluding carboxylic acids is 1. The summed E-state index contributed by atoms with van der Waals surface area (Å²) in [7, 11) is 0. The number of amides is 1. The summed E-state index contributed by atoms with van der Waals surface area (Å²) in [5.74, 6) is 1.79. The molecule has 1 amide bonds. The van der Waals surface area contributed by atoms with Crippen LogP contribution in [0.5, 0.6) is 5.88 Å². The Labute approximate surface area is 170 Å². The zero-order valence-corrected chi connectivity index (χ0v) is 16.3. The number of nitrogens with zero attached hydrogens (tertiary/aromatic N) is 4. The molecule has 146 valence electrons. The summed E-state index contributed by atoms with van der Waals surface area (Å²) in [5, 5.41) is 5.47. The molecule has 3 N–H and O–H groups in total. The lowest BCUT2D eigenvalue weighted by molar-refractivity contribution is 0.100. The minimum Gasteiger partial charge on any atom is -0.477 e. The number of thiophene rings is 1. The summed E-state index contributed by atoms with van der Waals surface area (Å²) in [6.45, 7) is 1.30. The Hall–Kier alpha value is -3.46. The Morgan fingerprint density at radius 1 is 1.31 bits per heavy atom. The number of nitrogens with two attached hydrogens (primary N) is 1. The standard InChI is InChI=1S/C20H18N6O2S/c21-16(27)13-5-1-7-26-15(13)11-23-19(26)18-24-17(22-10-12-4-3-9-29-12)14-6-2-8-28-20(14)25-18/h1,3-5,7,9,11H,2,6,8,10H2,(H2,21,27)(H,22,24,25). The predicted molar refractivity (Wildman–Crippen MR) is 110 cm³/mol. The molecule has 1 aliphatic rings. The van der Waals surface area contributed by atoms with Crippen molar-refractivity contribution in [2.24, 2.45) is 5.73 Å². The molecule has 5 heterocycles. The van der Waals surface area contributed by atoms with Crippen LogP contribution in [0.2, 0.25) is 0 Å². The summed E-state index contributed by atoms with van der Waals surface area (Å²) >= 11 is 1.69. The minimum absolute atomic E-state index is 0.400. The molecule has 1 aliphatic heterocycles.